The van der Waals surface area contributed by atoms with Gasteiger partial charge in [0, 0.05) is 24.4 Å². The Bertz CT molecular complexity index is 352. The van der Waals surface area contributed by atoms with E-state index in [2.05, 4.69) is 0 Å². The highest BCUT2D eigenvalue weighted by Gasteiger charge is 2.10. The molecule has 1 amide bonds. The molecule has 3 nitrogen and oxygen atoms in total. The maximum atomic E-state index is 11.7. The Morgan fingerprint density at radius 2 is 2.31 bits per heavy atom. The van der Waals surface area contributed by atoms with Crippen LogP contribution in [0.2, 0.25) is 4.34 Å². The van der Waals surface area contributed by atoms with Gasteiger partial charge in [-0.2, -0.15) is 0 Å². The van der Waals surface area contributed by atoms with Crippen molar-refractivity contribution in [3.63, 3.8) is 0 Å². The first kappa shape index (κ1) is 13.5. The van der Waals surface area contributed by atoms with E-state index in [1.165, 1.54) is 11.3 Å². The first-order chi connectivity index (χ1) is 7.49. The number of halogens is 1. The van der Waals surface area contributed by atoms with Crippen LogP contribution in [0.4, 0.5) is 0 Å². The number of amides is 1. The maximum Gasteiger partial charge on any atom is 0.222 e. The van der Waals surface area contributed by atoms with Gasteiger partial charge in [0.2, 0.25) is 5.91 Å². The number of rotatable bonds is 5. The van der Waals surface area contributed by atoms with Crippen LogP contribution in [0.25, 0.3) is 0 Å². The van der Waals surface area contributed by atoms with Gasteiger partial charge in [0.1, 0.15) is 0 Å². The summed E-state index contributed by atoms with van der Waals surface area (Å²) in [7, 11) is 1.80. The van der Waals surface area contributed by atoms with Crippen LogP contribution < -0.4 is 5.73 Å². The zero-order valence-electron chi connectivity index (χ0n) is 9.57. The number of nitrogens with two attached hydrogens (primary N) is 1. The van der Waals surface area contributed by atoms with E-state index >= 15 is 0 Å². The van der Waals surface area contributed by atoms with Crippen LogP contribution >= 0.6 is 22.9 Å². The van der Waals surface area contributed by atoms with Gasteiger partial charge in [0.05, 0.1) is 10.9 Å². The standard InChI is InChI=1S/C11H17ClN2OS/c1-8(13)3-6-11(15)14(2)7-9-4-5-10(12)16-9/h4-5,8H,3,6-7,13H2,1-2H3. The second-order valence-corrected chi connectivity index (χ2v) is 5.77. The molecule has 0 aliphatic rings. The second kappa shape index (κ2) is 6.23. The first-order valence-electron chi connectivity index (χ1n) is 5.23. The molecule has 0 aliphatic heterocycles. The molecule has 1 atom stereocenters. The fourth-order valence-electron chi connectivity index (χ4n) is 1.30. The number of thiophene rings is 1. The average Bonchev–Trinajstić information content (AvgIpc) is 2.60. The van der Waals surface area contributed by atoms with Gasteiger partial charge in [-0.1, -0.05) is 11.6 Å². The molecule has 2 N–H and O–H groups in total. The molecule has 1 rings (SSSR count). The van der Waals surface area contributed by atoms with Crippen LogP contribution in [-0.4, -0.2) is 23.9 Å². The average molecular weight is 261 g/mol. The summed E-state index contributed by atoms with van der Waals surface area (Å²) in [5, 5.41) is 0. The Kier molecular flexibility index (Phi) is 5.25. The zero-order chi connectivity index (χ0) is 12.1. The molecular weight excluding hydrogens is 244 g/mol. The van der Waals surface area contributed by atoms with Crippen molar-refractivity contribution in [2.45, 2.75) is 32.4 Å². The van der Waals surface area contributed by atoms with Gasteiger partial charge in [-0.05, 0) is 25.5 Å². The van der Waals surface area contributed by atoms with E-state index in [1.807, 2.05) is 19.1 Å². The lowest BCUT2D eigenvalue weighted by Gasteiger charge is -2.16. The summed E-state index contributed by atoms with van der Waals surface area (Å²) in [6, 6.07) is 3.87. The SMILES string of the molecule is CC(N)CCC(=O)N(C)Cc1ccc(Cl)s1. The largest absolute Gasteiger partial charge is 0.341 e. The fourth-order valence-corrected chi connectivity index (χ4v) is 2.44. The molecule has 1 aromatic rings. The predicted molar refractivity (Wildman–Crippen MR) is 68.7 cm³/mol. The number of nitrogens with zero attached hydrogens (tertiary/aromatic N) is 1. The summed E-state index contributed by atoms with van der Waals surface area (Å²) in [6.07, 6.45) is 1.24. The van der Waals surface area contributed by atoms with Gasteiger partial charge in [-0.25, -0.2) is 0 Å². The third-order valence-corrected chi connectivity index (χ3v) is 3.48. The van der Waals surface area contributed by atoms with Gasteiger partial charge in [-0.3, -0.25) is 4.79 Å². The van der Waals surface area contributed by atoms with Crippen LogP contribution in [0.3, 0.4) is 0 Å². The minimum atomic E-state index is 0.0773. The van der Waals surface area contributed by atoms with Gasteiger partial charge < -0.3 is 10.6 Å². The van der Waals surface area contributed by atoms with Crippen molar-refractivity contribution < 1.29 is 4.79 Å². The molecule has 0 aliphatic carbocycles. The normalized spacial score (nSPS) is 12.5. The van der Waals surface area contributed by atoms with E-state index in [9.17, 15) is 4.79 Å². The van der Waals surface area contributed by atoms with Crippen LogP contribution in [0.15, 0.2) is 12.1 Å². The Balaban J connectivity index is 2.39. The summed E-state index contributed by atoms with van der Waals surface area (Å²) >= 11 is 7.33. The van der Waals surface area contributed by atoms with Gasteiger partial charge in [0.15, 0.2) is 0 Å². The Hall–Kier alpha value is -0.580. The van der Waals surface area contributed by atoms with E-state index in [4.69, 9.17) is 17.3 Å². The Morgan fingerprint density at radius 3 is 2.81 bits per heavy atom. The third kappa shape index (κ3) is 4.51. The van der Waals surface area contributed by atoms with Crippen molar-refractivity contribution in [2.24, 2.45) is 5.73 Å². The Labute approximate surface area is 105 Å². The maximum absolute atomic E-state index is 11.7. The highest BCUT2D eigenvalue weighted by Crippen LogP contribution is 2.22. The van der Waals surface area contributed by atoms with Crippen molar-refractivity contribution in [3.8, 4) is 0 Å². The molecule has 90 valence electrons. The number of hydrogen-bond donors (Lipinski definition) is 1. The van der Waals surface area contributed by atoms with Crippen LogP contribution in [0, 0.1) is 0 Å². The zero-order valence-corrected chi connectivity index (χ0v) is 11.1. The topological polar surface area (TPSA) is 46.3 Å². The number of carbonyl (C=O) groups is 1. The van der Waals surface area contributed by atoms with Crippen molar-refractivity contribution in [1.82, 2.24) is 4.90 Å². The smallest absolute Gasteiger partial charge is 0.222 e. The van der Waals surface area contributed by atoms with E-state index in [0.717, 1.165) is 15.6 Å². The minimum absolute atomic E-state index is 0.0773. The lowest BCUT2D eigenvalue weighted by molar-refractivity contribution is -0.130. The van der Waals surface area contributed by atoms with Crippen LogP contribution in [0.5, 0.6) is 0 Å². The summed E-state index contributed by atoms with van der Waals surface area (Å²) in [6.45, 7) is 2.53. The molecule has 16 heavy (non-hydrogen) atoms. The molecule has 0 saturated heterocycles. The summed E-state index contributed by atoms with van der Waals surface area (Å²) in [5.41, 5.74) is 5.61. The lowest BCUT2D eigenvalue weighted by atomic mass is 10.2. The monoisotopic (exact) mass is 260 g/mol. The predicted octanol–water partition coefficient (Wildman–Crippen LogP) is 2.49. The van der Waals surface area contributed by atoms with Gasteiger partial charge in [0.25, 0.3) is 0 Å². The molecule has 1 unspecified atom stereocenters. The summed E-state index contributed by atoms with van der Waals surface area (Å²) in [5.74, 6) is 0.127. The molecule has 0 spiro atoms. The van der Waals surface area contributed by atoms with E-state index in [-0.39, 0.29) is 11.9 Å². The quantitative estimate of drug-likeness (QED) is 0.884. The first-order valence-corrected chi connectivity index (χ1v) is 6.42. The fraction of sp³-hybridized carbons (Fsp3) is 0.545. The highest BCUT2D eigenvalue weighted by atomic mass is 35.5. The Morgan fingerprint density at radius 1 is 1.62 bits per heavy atom. The van der Waals surface area contributed by atoms with Crippen molar-refractivity contribution in [2.75, 3.05) is 7.05 Å². The number of hydrogen-bond acceptors (Lipinski definition) is 3. The molecule has 1 heterocycles. The third-order valence-electron chi connectivity index (χ3n) is 2.26. The van der Waals surface area contributed by atoms with Crippen molar-refractivity contribution >= 4 is 28.8 Å². The molecule has 0 bridgehead atoms. The summed E-state index contributed by atoms with van der Waals surface area (Å²) < 4.78 is 0.756. The molecule has 5 heteroatoms. The van der Waals surface area contributed by atoms with Crippen molar-refractivity contribution in [3.05, 3.63) is 21.3 Å². The van der Waals surface area contributed by atoms with E-state index < -0.39 is 0 Å². The van der Waals surface area contributed by atoms with E-state index in [0.29, 0.717) is 13.0 Å². The molecule has 0 aromatic carbocycles. The van der Waals surface area contributed by atoms with Gasteiger partial charge in [-0.15, -0.1) is 11.3 Å². The van der Waals surface area contributed by atoms with Crippen LogP contribution in [-0.2, 0) is 11.3 Å². The molecule has 0 radical (unpaired) electrons. The second-order valence-electron chi connectivity index (χ2n) is 3.97. The van der Waals surface area contributed by atoms with Crippen molar-refractivity contribution in [1.29, 1.82) is 0 Å². The lowest BCUT2D eigenvalue weighted by Crippen LogP contribution is -2.27. The molecule has 1 aromatic heterocycles. The molecule has 0 saturated carbocycles. The van der Waals surface area contributed by atoms with Crippen LogP contribution in [0.1, 0.15) is 24.6 Å². The minimum Gasteiger partial charge on any atom is -0.341 e. The molecular formula is C11H17ClN2OS. The van der Waals surface area contributed by atoms with E-state index in [1.54, 1.807) is 11.9 Å². The van der Waals surface area contributed by atoms with Gasteiger partial charge >= 0.3 is 0 Å². The molecule has 0 fully saturated rings. The highest BCUT2D eigenvalue weighted by molar-refractivity contribution is 7.16. The number of carbonyl (C=O) groups excluding carboxylic acids is 1. The summed E-state index contributed by atoms with van der Waals surface area (Å²) in [4.78, 5) is 14.5.